The summed E-state index contributed by atoms with van der Waals surface area (Å²) in [6.45, 7) is 7.11. The molecule has 0 radical (unpaired) electrons. The molecule has 0 saturated carbocycles. The van der Waals surface area contributed by atoms with E-state index in [4.69, 9.17) is 0 Å². The number of piperidine rings is 2. The zero-order valence-electron chi connectivity index (χ0n) is 18.2. The summed E-state index contributed by atoms with van der Waals surface area (Å²) >= 11 is 0. The van der Waals surface area contributed by atoms with Crippen molar-refractivity contribution in [2.24, 2.45) is 5.92 Å². The molecule has 3 rings (SSSR count). The van der Waals surface area contributed by atoms with Crippen molar-refractivity contribution in [1.29, 1.82) is 0 Å². The van der Waals surface area contributed by atoms with Crippen molar-refractivity contribution in [2.75, 3.05) is 32.7 Å². The first kappa shape index (κ1) is 22.1. The third kappa shape index (κ3) is 5.32. The van der Waals surface area contributed by atoms with E-state index >= 15 is 0 Å². The van der Waals surface area contributed by atoms with Crippen LogP contribution in [0.1, 0.15) is 54.9 Å². The van der Waals surface area contributed by atoms with Crippen molar-refractivity contribution in [1.82, 2.24) is 20.4 Å². The van der Waals surface area contributed by atoms with E-state index in [0.717, 1.165) is 37.9 Å². The minimum atomic E-state index is -0.549. The van der Waals surface area contributed by atoms with Crippen LogP contribution in [0.2, 0.25) is 0 Å². The number of carbonyl (C=O) groups is 3. The molecule has 7 heteroatoms. The minimum absolute atomic E-state index is 0.0214. The van der Waals surface area contributed by atoms with Crippen molar-refractivity contribution < 1.29 is 14.4 Å². The fourth-order valence-corrected chi connectivity index (χ4v) is 4.44. The smallest absolute Gasteiger partial charge is 0.317 e. The fourth-order valence-electron chi connectivity index (χ4n) is 4.44. The number of nitrogens with zero attached hydrogens (tertiary/aromatic N) is 2. The van der Waals surface area contributed by atoms with Crippen LogP contribution in [0.3, 0.4) is 0 Å². The Morgan fingerprint density at radius 2 is 1.67 bits per heavy atom. The first-order valence-corrected chi connectivity index (χ1v) is 11.2. The lowest BCUT2D eigenvalue weighted by Gasteiger charge is -2.38. The Labute approximate surface area is 179 Å². The summed E-state index contributed by atoms with van der Waals surface area (Å²) in [5.74, 6) is -0.152. The van der Waals surface area contributed by atoms with Gasteiger partial charge in [0, 0.05) is 38.3 Å². The Bertz CT molecular complexity index is 753. The number of carbonyl (C=O) groups excluding carboxylic acids is 3. The zero-order valence-corrected chi connectivity index (χ0v) is 18.2. The largest absolute Gasteiger partial charge is 0.341 e. The van der Waals surface area contributed by atoms with E-state index in [9.17, 15) is 14.4 Å². The fraction of sp³-hybridized carbons (Fsp3) is 0.609. The Morgan fingerprint density at radius 3 is 2.30 bits per heavy atom. The molecule has 30 heavy (non-hydrogen) atoms. The maximum Gasteiger partial charge on any atom is 0.317 e. The molecule has 164 valence electrons. The van der Waals surface area contributed by atoms with E-state index < -0.39 is 6.04 Å². The third-order valence-electron chi connectivity index (χ3n) is 6.24. The zero-order chi connectivity index (χ0) is 21.5. The Hall–Kier alpha value is -2.57. The van der Waals surface area contributed by atoms with Gasteiger partial charge < -0.3 is 20.4 Å². The average molecular weight is 415 g/mol. The maximum atomic E-state index is 13.4. The summed E-state index contributed by atoms with van der Waals surface area (Å²) in [5, 5.41) is 5.90. The first-order chi connectivity index (χ1) is 14.5. The quantitative estimate of drug-likeness (QED) is 0.777. The summed E-state index contributed by atoms with van der Waals surface area (Å²) in [5.41, 5.74) is 1.50. The normalized spacial score (nSPS) is 18.6. The van der Waals surface area contributed by atoms with Gasteiger partial charge in [0.15, 0.2) is 0 Å². The molecule has 0 spiro atoms. The molecule has 0 bridgehead atoms. The Balaban J connectivity index is 1.73. The van der Waals surface area contributed by atoms with Gasteiger partial charge in [0.1, 0.15) is 6.04 Å². The van der Waals surface area contributed by atoms with Crippen LogP contribution in [0.25, 0.3) is 0 Å². The van der Waals surface area contributed by atoms with Crippen LogP contribution in [0.4, 0.5) is 4.79 Å². The van der Waals surface area contributed by atoms with Gasteiger partial charge in [-0.3, -0.25) is 9.59 Å². The van der Waals surface area contributed by atoms with E-state index in [1.807, 2.05) is 36.9 Å². The van der Waals surface area contributed by atoms with Gasteiger partial charge in [-0.25, -0.2) is 4.79 Å². The van der Waals surface area contributed by atoms with Gasteiger partial charge >= 0.3 is 6.03 Å². The predicted molar refractivity (Wildman–Crippen MR) is 116 cm³/mol. The third-order valence-corrected chi connectivity index (χ3v) is 6.24. The molecule has 1 aromatic carbocycles. The number of likely N-dealkylation sites (tertiary alicyclic amines) is 2. The van der Waals surface area contributed by atoms with Gasteiger partial charge in [0.25, 0.3) is 5.91 Å². The lowest BCUT2D eigenvalue weighted by atomic mass is 9.87. The number of hydrogen-bond acceptors (Lipinski definition) is 3. The standard InChI is InChI=1S/C23H34N4O3/c1-3-24-23(30)27-15-11-18(12-16-27)20(22(29)26-13-7-4-8-14-26)25-21(28)19-10-6-5-9-17(19)2/h5-6,9-10,18,20H,3-4,7-8,11-16H2,1-2H3,(H,24,30)(H,25,28)/t20-/m1/s1. The second-order valence-electron chi connectivity index (χ2n) is 8.31. The van der Waals surface area contributed by atoms with E-state index in [2.05, 4.69) is 10.6 Å². The summed E-state index contributed by atoms with van der Waals surface area (Å²) in [7, 11) is 0. The van der Waals surface area contributed by atoms with E-state index in [-0.39, 0.29) is 23.8 Å². The van der Waals surface area contributed by atoms with Crippen LogP contribution in [-0.4, -0.2) is 66.4 Å². The average Bonchev–Trinajstić information content (AvgIpc) is 2.78. The van der Waals surface area contributed by atoms with Gasteiger partial charge in [-0.15, -0.1) is 0 Å². The number of nitrogens with one attached hydrogen (secondary N) is 2. The van der Waals surface area contributed by atoms with Crippen molar-refractivity contribution >= 4 is 17.8 Å². The molecule has 2 aliphatic heterocycles. The van der Waals surface area contributed by atoms with Crippen LogP contribution >= 0.6 is 0 Å². The lowest BCUT2D eigenvalue weighted by Crippen LogP contribution is -2.56. The maximum absolute atomic E-state index is 13.4. The molecule has 4 amide bonds. The summed E-state index contributed by atoms with van der Waals surface area (Å²) in [4.78, 5) is 42.2. The van der Waals surface area contributed by atoms with Crippen LogP contribution in [-0.2, 0) is 4.79 Å². The minimum Gasteiger partial charge on any atom is -0.341 e. The first-order valence-electron chi connectivity index (χ1n) is 11.2. The van der Waals surface area contributed by atoms with Crippen molar-refractivity contribution in [3.63, 3.8) is 0 Å². The van der Waals surface area contributed by atoms with Crippen molar-refractivity contribution in [2.45, 2.75) is 52.0 Å². The second kappa shape index (κ2) is 10.5. The molecule has 7 nitrogen and oxygen atoms in total. The van der Waals surface area contributed by atoms with Crippen LogP contribution in [0.15, 0.2) is 24.3 Å². The highest BCUT2D eigenvalue weighted by Crippen LogP contribution is 2.24. The highest BCUT2D eigenvalue weighted by Gasteiger charge is 2.36. The Morgan fingerprint density at radius 1 is 1.00 bits per heavy atom. The highest BCUT2D eigenvalue weighted by atomic mass is 16.2. The second-order valence-corrected chi connectivity index (χ2v) is 8.31. The number of aryl methyl sites for hydroxylation is 1. The van der Waals surface area contributed by atoms with Crippen LogP contribution < -0.4 is 10.6 Å². The SMILES string of the molecule is CCNC(=O)N1CCC([C@@H](NC(=O)c2ccccc2C)C(=O)N2CCCCC2)CC1. The number of amides is 4. The lowest BCUT2D eigenvalue weighted by molar-refractivity contribution is -0.136. The van der Waals surface area contributed by atoms with Gasteiger partial charge in [-0.2, -0.15) is 0 Å². The monoisotopic (exact) mass is 414 g/mol. The molecule has 2 saturated heterocycles. The van der Waals surface area contributed by atoms with Gasteiger partial charge in [0.2, 0.25) is 5.91 Å². The molecule has 1 aromatic rings. The molecular formula is C23H34N4O3. The van der Waals surface area contributed by atoms with Gasteiger partial charge in [-0.05, 0) is 63.5 Å². The van der Waals surface area contributed by atoms with E-state index in [1.54, 1.807) is 11.0 Å². The predicted octanol–water partition coefficient (Wildman–Crippen LogP) is 2.55. The molecule has 2 aliphatic rings. The molecule has 2 N–H and O–H groups in total. The summed E-state index contributed by atoms with van der Waals surface area (Å²) < 4.78 is 0. The highest BCUT2D eigenvalue weighted by molar-refractivity contribution is 5.98. The number of urea groups is 1. The molecule has 2 fully saturated rings. The number of benzene rings is 1. The van der Waals surface area contributed by atoms with E-state index in [0.29, 0.717) is 38.0 Å². The van der Waals surface area contributed by atoms with Gasteiger partial charge in [0.05, 0.1) is 0 Å². The topological polar surface area (TPSA) is 81.8 Å². The van der Waals surface area contributed by atoms with Crippen LogP contribution in [0.5, 0.6) is 0 Å². The van der Waals surface area contributed by atoms with E-state index in [1.165, 1.54) is 0 Å². The number of hydrogen-bond donors (Lipinski definition) is 2. The molecule has 0 aliphatic carbocycles. The Kier molecular flexibility index (Phi) is 7.71. The van der Waals surface area contributed by atoms with Crippen LogP contribution in [0, 0.1) is 12.8 Å². The molecule has 0 unspecified atom stereocenters. The summed E-state index contributed by atoms with van der Waals surface area (Å²) in [6, 6.07) is 6.84. The molecular weight excluding hydrogens is 380 g/mol. The summed E-state index contributed by atoms with van der Waals surface area (Å²) in [6.07, 6.45) is 4.58. The molecule has 0 aromatic heterocycles. The van der Waals surface area contributed by atoms with Crippen molar-refractivity contribution in [3.8, 4) is 0 Å². The molecule has 1 atom stereocenters. The molecule has 2 heterocycles. The van der Waals surface area contributed by atoms with Gasteiger partial charge in [-0.1, -0.05) is 18.2 Å². The van der Waals surface area contributed by atoms with Crippen molar-refractivity contribution in [3.05, 3.63) is 35.4 Å². The number of rotatable bonds is 5.